The summed E-state index contributed by atoms with van der Waals surface area (Å²) in [6.45, 7) is 2.79. The van der Waals surface area contributed by atoms with Crippen molar-refractivity contribution in [2.45, 2.75) is 6.92 Å². The van der Waals surface area contributed by atoms with Crippen LogP contribution in [-0.4, -0.2) is 27.3 Å². The first-order valence-electron chi connectivity index (χ1n) is 4.98. The molecule has 0 aliphatic carbocycles. The predicted molar refractivity (Wildman–Crippen MR) is 64.1 cm³/mol. The van der Waals surface area contributed by atoms with Crippen molar-refractivity contribution in [1.82, 2.24) is 0 Å². The molecule has 0 saturated carbocycles. The second kappa shape index (κ2) is 5.72. The van der Waals surface area contributed by atoms with Gasteiger partial charge in [-0.25, -0.2) is 13.6 Å². The van der Waals surface area contributed by atoms with Crippen LogP contribution in [0.4, 0.5) is 5.69 Å². The van der Waals surface area contributed by atoms with E-state index in [0.29, 0.717) is 6.61 Å². The lowest BCUT2D eigenvalue weighted by molar-refractivity contribution is 0.340. The number of ether oxygens (including phenoxy) is 1. The quantitative estimate of drug-likeness (QED) is 0.775. The first-order chi connectivity index (χ1) is 7.51. The van der Waals surface area contributed by atoms with Crippen molar-refractivity contribution in [1.29, 1.82) is 0 Å². The predicted octanol–water partition coefficient (Wildman–Crippen LogP) is 0.786. The zero-order chi connectivity index (χ0) is 12.0. The summed E-state index contributed by atoms with van der Waals surface area (Å²) in [5.41, 5.74) is 0.814. The van der Waals surface area contributed by atoms with Crippen LogP contribution in [0.1, 0.15) is 6.92 Å². The molecule has 6 heteroatoms. The fraction of sp³-hybridized carbons (Fsp3) is 0.400. The Balaban J connectivity index is 2.51. The molecule has 0 unspecified atom stereocenters. The van der Waals surface area contributed by atoms with Gasteiger partial charge in [0.1, 0.15) is 5.75 Å². The lowest BCUT2D eigenvalue weighted by atomic mass is 10.3. The summed E-state index contributed by atoms with van der Waals surface area (Å²) in [7, 11) is -3.41. The van der Waals surface area contributed by atoms with E-state index in [1.165, 1.54) is 0 Å². The number of anilines is 1. The Bertz CT molecular complexity index is 431. The Labute approximate surface area is 95.7 Å². The number of rotatable bonds is 6. The van der Waals surface area contributed by atoms with Gasteiger partial charge in [0, 0.05) is 18.3 Å². The third kappa shape index (κ3) is 4.99. The van der Waals surface area contributed by atoms with Gasteiger partial charge in [-0.3, -0.25) is 0 Å². The summed E-state index contributed by atoms with van der Waals surface area (Å²) in [6, 6.07) is 7.33. The molecular formula is C10H16N2O3S. The van der Waals surface area contributed by atoms with Crippen LogP contribution < -0.4 is 15.2 Å². The molecule has 0 amide bonds. The van der Waals surface area contributed by atoms with Crippen LogP contribution in [0.15, 0.2) is 24.3 Å². The van der Waals surface area contributed by atoms with Gasteiger partial charge in [0.2, 0.25) is 10.0 Å². The van der Waals surface area contributed by atoms with Gasteiger partial charge in [0.15, 0.2) is 0 Å². The third-order valence-corrected chi connectivity index (χ3v) is 2.63. The summed E-state index contributed by atoms with van der Waals surface area (Å²) >= 11 is 0. The number of nitrogens with two attached hydrogens (primary N) is 1. The molecule has 0 atom stereocenters. The molecule has 0 aromatic heterocycles. The molecule has 1 rings (SSSR count). The van der Waals surface area contributed by atoms with Crippen molar-refractivity contribution >= 4 is 15.7 Å². The van der Waals surface area contributed by atoms with Gasteiger partial charge < -0.3 is 10.1 Å². The van der Waals surface area contributed by atoms with Crippen molar-refractivity contribution in [2.75, 3.05) is 24.2 Å². The van der Waals surface area contributed by atoms with Crippen molar-refractivity contribution in [3.05, 3.63) is 24.3 Å². The molecule has 0 aliphatic heterocycles. The van der Waals surface area contributed by atoms with Crippen LogP contribution >= 0.6 is 0 Å². The lowest BCUT2D eigenvalue weighted by Crippen LogP contribution is -2.22. The van der Waals surface area contributed by atoms with E-state index < -0.39 is 10.0 Å². The van der Waals surface area contributed by atoms with Gasteiger partial charge >= 0.3 is 0 Å². The Morgan fingerprint density at radius 1 is 1.44 bits per heavy atom. The Hall–Kier alpha value is -1.27. The molecule has 1 aromatic rings. The van der Waals surface area contributed by atoms with Gasteiger partial charge in [-0.05, 0) is 19.1 Å². The summed E-state index contributed by atoms with van der Waals surface area (Å²) in [5.74, 6) is 0.661. The van der Waals surface area contributed by atoms with Crippen molar-refractivity contribution in [3.8, 4) is 5.75 Å². The van der Waals surface area contributed by atoms with E-state index in [-0.39, 0.29) is 12.3 Å². The van der Waals surface area contributed by atoms with E-state index in [2.05, 4.69) is 5.32 Å². The minimum Gasteiger partial charge on any atom is -0.494 e. The van der Waals surface area contributed by atoms with E-state index >= 15 is 0 Å². The molecule has 0 heterocycles. The van der Waals surface area contributed by atoms with Crippen molar-refractivity contribution in [3.63, 3.8) is 0 Å². The minimum absolute atomic E-state index is 0.0914. The third-order valence-electron chi connectivity index (χ3n) is 1.86. The minimum atomic E-state index is -3.41. The van der Waals surface area contributed by atoms with Gasteiger partial charge in [-0.1, -0.05) is 6.07 Å². The first-order valence-corrected chi connectivity index (χ1v) is 6.70. The molecule has 0 saturated heterocycles. The maximum Gasteiger partial charge on any atom is 0.210 e. The van der Waals surface area contributed by atoms with E-state index in [0.717, 1.165) is 11.4 Å². The van der Waals surface area contributed by atoms with Crippen LogP contribution in [-0.2, 0) is 10.0 Å². The number of nitrogens with one attached hydrogen (secondary N) is 1. The molecule has 1 aromatic carbocycles. The number of benzene rings is 1. The summed E-state index contributed by atoms with van der Waals surface area (Å²) in [5, 5.41) is 7.85. The van der Waals surface area contributed by atoms with Gasteiger partial charge in [0.05, 0.1) is 12.4 Å². The van der Waals surface area contributed by atoms with Crippen LogP contribution in [0, 0.1) is 0 Å². The highest BCUT2D eigenvalue weighted by Crippen LogP contribution is 2.16. The topological polar surface area (TPSA) is 81.4 Å². The van der Waals surface area contributed by atoms with Crippen LogP contribution in [0.5, 0.6) is 5.75 Å². The zero-order valence-electron chi connectivity index (χ0n) is 9.14. The Morgan fingerprint density at radius 3 is 2.81 bits per heavy atom. The SMILES string of the molecule is CCOc1cccc(NCCS(N)(=O)=O)c1. The fourth-order valence-corrected chi connectivity index (χ4v) is 1.59. The summed E-state index contributed by atoms with van der Waals surface area (Å²) in [4.78, 5) is 0. The number of sulfonamides is 1. The van der Waals surface area contributed by atoms with Gasteiger partial charge in [-0.15, -0.1) is 0 Å². The molecule has 90 valence electrons. The standard InChI is InChI=1S/C10H16N2O3S/c1-2-15-10-5-3-4-9(8-10)12-6-7-16(11,13)14/h3-5,8,12H,2,6-7H2,1H3,(H2,11,13,14). The lowest BCUT2D eigenvalue weighted by Gasteiger charge is -2.08. The van der Waals surface area contributed by atoms with E-state index in [1.54, 1.807) is 0 Å². The first kappa shape index (κ1) is 12.8. The molecule has 3 N–H and O–H groups in total. The molecule has 0 radical (unpaired) electrons. The normalized spacial score (nSPS) is 11.1. The summed E-state index contributed by atoms with van der Waals surface area (Å²) in [6.07, 6.45) is 0. The average molecular weight is 244 g/mol. The molecule has 0 spiro atoms. The monoisotopic (exact) mass is 244 g/mol. The second-order valence-corrected chi connectivity index (χ2v) is 4.99. The Morgan fingerprint density at radius 2 is 2.19 bits per heavy atom. The fourth-order valence-electron chi connectivity index (χ4n) is 1.20. The molecule has 16 heavy (non-hydrogen) atoms. The number of hydrogen-bond donors (Lipinski definition) is 2. The zero-order valence-corrected chi connectivity index (χ0v) is 9.96. The van der Waals surface area contributed by atoms with E-state index in [9.17, 15) is 8.42 Å². The molecule has 0 fully saturated rings. The molecule has 0 aliphatic rings. The van der Waals surface area contributed by atoms with Crippen LogP contribution in [0.3, 0.4) is 0 Å². The maximum atomic E-state index is 10.7. The van der Waals surface area contributed by atoms with Crippen molar-refractivity contribution < 1.29 is 13.2 Å². The number of hydrogen-bond acceptors (Lipinski definition) is 4. The average Bonchev–Trinajstić information content (AvgIpc) is 2.17. The highest BCUT2D eigenvalue weighted by atomic mass is 32.2. The van der Waals surface area contributed by atoms with E-state index in [1.807, 2.05) is 31.2 Å². The van der Waals surface area contributed by atoms with Gasteiger partial charge in [0.25, 0.3) is 0 Å². The molecule has 0 bridgehead atoms. The van der Waals surface area contributed by atoms with Crippen molar-refractivity contribution in [2.24, 2.45) is 5.14 Å². The van der Waals surface area contributed by atoms with Gasteiger partial charge in [-0.2, -0.15) is 0 Å². The van der Waals surface area contributed by atoms with Crippen LogP contribution in [0.2, 0.25) is 0 Å². The largest absolute Gasteiger partial charge is 0.494 e. The van der Waals surface area contributed by atoms with E-state index in [4.69, 9.17) is 9.88 Å². The summed E-state index contributed by atoms with van der Waals surface area (Å²) < 4.78 is 26.7. The highest BCUT2D eigenvalue weighted by Gasteiger charge is 2.02. The highest BCUT2D eigenvalue weighted by molar-refractivity contribution is 7.89. The number of primary sulfonamides is 1. The smallest absolute Gasteiger partial charge is 0.210 e. The molecular weight excluding hydrogens is 228 g/mol. The molecule has 5 nitrogen and oxygen atoms in total. The van der Waals surface area contributed by atoms with Crippen LogP contribution in [0.25, 0.3) is 0 Å². The second-order valence-electron chi connectivity index (χ2n) is 3.25. The Kier molecular flexibility index (Phi) is 4.57. The maximum absolute atomic E-state index is 10.7.